The third-order valence-electron chi connectivity index (χ3n) is 5.38. The molecule has 1 amide bonds. The van der Waals surface area contributed by atoms with Crippen LogP contribution in [0.25, 0.3) is 0 Å². The van der Waals surface area contributed by atoms with Crippen molar-refractivity contribution in [3.05, 3.63) is 64.1 Å². The van der Waals surface area contributed by atoms with E-state index in [0.717, 1.165) is 15.8 Å². The topological polar surface area (TPSA) is 47.6 Å². The van der Waals surface area contributed by atoms with Crippen LogP contribution in [0.15, 0.2) is 53.0 Å². The number of rotatable bonds is 7. The molecule has 0 aromatic heterocycles. The first-order valence-electron chi connectivity index (χ1n) is 9.86. The molecule has 0 atom stereocenters. The van der Waals surface area contributed by atoms with Gasteiger partial charge in [-0.3, -0.25) is 4.79 Å². The highest BCUT2D eigenvalue weighted by molar-refractivity contribution is 9.10. The van der Waals surface area contributed by atoms with E-state index in [4.69, 9.17) is 9.47 Å². The Kier molecular flexibility index (Phi) is 7.13. The lowest BCUT2D eigenvalue weighted by Crippen LogP contribution is -2.48. The molecule has 0 radical (unpaired) electrons. The highest BCUT2D eigenvalue weighted by Gasteiger charge is 2.41. The molecule has 0 saturated carbocycles. The molecule has 0 aliphatic carbocycles. The molecule has 1 saturated heterocycles. The Morgan fingerprint density at radius 2 is 1.75 bits per heavy atom. The van der Waals surface area contributed by atoms with E-state index in [1.54, 1.807) is 0 Å². The van der Waals surface area contributed by atoms with Gasteiger partial charge in [0.15, 0.2) is 0 Å². The molecule has 1 N–H and O–H groups in total. The van der Waals surface area contributed by atoms with Gasteiger partial charge in [0.05, 0.1) is 12.0 Å². The van der Waals surface area contributed by atoms with Gasteiger partial charge < -0.3 is 14.8 Å². The van der Waals surface area contributed by atoms with E-state index in [-0.39, 0.29) is 5.91 Å². The predicted molar refractivity (Wildman–Crippen MR) is 115 cm³/mol. The van der Waals surface area contributed by atoms with Crippen LogP contribution in [0.4, 0.5) is 0 Å². The zero-order valence-corrected chi connectivity index (χ0v) is 18.1. The molecule has 1 aliphatic rings. The first-order valence-corrected chi connectivity index (χ1v) is 10.7. The standard InChI is InChI=1S/C23H28BrNO3/c1-17(2)18-3-9-21(10-4-18)28-16-13-25-22(26)23(11-14-27-15-12-23)19-5-7-20(24)8-6-19/h3-10,17H,11-16H2,1-2H3,(H,25,26). The van der Waals surface area contributed by atoms with Gasteiger partial charge in [0.1, 0.15) is 12.4 Å². The summed E-state index contributed by atoms with van der Waals surface area (Å²) in [6.45, 7) is 6.46. The van der Waals surface area contributed by atoms with Gasteiger partial charge in [-0.15, -0.1) is 0 Å². The third kappa shape index (κ3) is 4.95. The molecule has 0 unspecified atom stereocenters. The monoisotopic (exact) mass is 445 g/mol. The van der Waals surface area contributed by atoms with Gasteiger partial charge in [0.2, 0.25) is 5.91 Å². The summed E-state index contributed by atoms with van der Waals surface area (Å²) in [5.41, 5.74) is 1.80. The van der Waals surface area contributed by atoms with Crippen LogP contribution in [0.3, 0.4) is 0 Å². The van der Waals surface area contributed by atoms with Crippen molar-refractivity contribution in [3.8, 4) is 5.75 Å². The number of amides is 1. The van der Waals surface area contributed by atoms with E-state index in [0.29, 0.717) is 45.1 Å². The second kappa shape index (κ2) is 9.57. The van der Waals surface area contributed by atoms with E-state index >= 15 is 0 Å². The first-order chi connectivity index (χ1) is 13.5. The van der Waals surface area contributed by atoms with Crippen LogP contribution < -0.4 is 10.1 Å². The van der Waals surface area contributed by atoms with Gasteiger partial charge in [0, 0.05) is 17.7 Å². The number of ether oxygens (including phenoxy) is 2. The van der Waals surface area contributed by atoms with Gasteiger partial charge in [-0.05, 0) is 54.2 Å². The summed E-state index contributed by atoms with van der Waals surface area (Å²) < 4.78 is 12.3. The maximum absolute atomic E-state index is 13.1. The zero-order chi connectivity index (χ0) is 20.0. The van der Waals surface area contributed by atoms with Crippen LogP contribution in [0.2, 0.25) is 0 Å². The van der Waals surface area contributed by atoms with Crippen molar-refractivity contribution in [3.63, 3.8) is 0 Å². The molecule has 5 heteroatoms. The Hall–Kier alpha value is -1.85. The smallest absolute Gasteiger partial charge is 0.230 e. The molecule has 0 bridgehead atoms. The number of hydrogen-bond donors (Lipinski definition) is 1. The maximum atomic E-state index is 13.1. The Balaban J connectivity index is 1.57. The van der Waals surface area contributed by atoms with Crippen LogP contribution in [0, 0.1) is 0 Å². The molecule has 2 aromatic carbocycles. The zero-order valence-electron chi connectivity index (χ0n) is 16.5. The fourth-order valence-electron chi connectivity index (χ4n) is 3.59. The number of carbonyl (C=O) groups excluding carboxylic acids is 1. The van der Waals surface area contributed by atoms with Gasteiger partial charge >= 0.3 is 0 Å². The highest BCUT2D eigenvalue weighted by atomic mass is 79.9. The fraction of sp³-hybridized carbons (Fsp3) is 0.435. The molecule has 0 spiro atoms. The quantitative estimate of drug-likeness (QED) is 0.621. The number of halogens is 1. The van der Waals surface area contributed by atoms with Crippen molar-refractivity contribution < 1.29 is 14.3 Å². The summed E-state index contributed by atoms with van der Waals surface area (Å²) in [4.78, 5) is 13.1. The van der Waals surface area contributed by atoms with Crippen molar-refractivity contribution >= 4 is 21.8 Å². The molecule has 3 rings (SSSR count). The molecule has 150 valence electrons. The van der Waals surface area contributed by atoms with Crippen molar-refractivity contribution in [2.24, 2.45) is 0 Å². The molecular weight excluding hydrogens is 418 g/mol. The molecule has 1 aliphatic heterocycles. The minimum Gasteiger partial charge on any atom is -0.492 e. The second-order valence-electron chi connectivity index (χ2n) is 7.53. The number of hydrogen-bond acceptors (Lipinski definition) is 3. The van der Waals surface area contributed by atoms with Crippen molar-refractivity contribution in [1.29, 1.82) is 0 Å². The average Bonchev–Trinajstić information content (AvgIpc) is 2.72. The Morgan fingerprint density at radius 1 is 1.11 bits per heavy atom. The van der Waals surface area contributed by atoms with Crippen LogP contribution in [0.1, 0.15) is 43.7 Å². The maximum Gasteiger partial charge on any atom is 0.230 e. The van der Waals surface area contributed by atoms with Crippen LogP contribution >= 0.6 is 15.9 Å². The number of nitrogens with one attached hydrogen (secondary N) is 1. The van der Waals surface area contributed by atoms with Gasteiger partial charge in [-0.2, -0.15) is 0 Å². The van der Waals surface area contributed by atoms with Gasteiger partial charge in [-0.25, -0.2) is 0 Å². The van der Waals surface area contributed by atoms with Crippen LogP contribution in [-0.2, 0) is 14.9 Å². The largest absolute Gasteiger partial charge is 0.492 e. The van der Waals surface area contributed by atoms with E-state index in [1.165, 1.54) is 5.56 Å². The van der Waals surface area contributed by atoms with E-state index < -0.39 is 5.41 Å². The fourth-order valence-corrected chi connectivity index (χ4v) is 3.85. The molecule has 1 heterocycles. The molecule has 4 nitrogen and oxygen atoms in total. The van der Waals surface area contributed by atoms with E-state index in [9.17, 15) is 4.79 Å². The third-order valence-corrected chi connectivity index (χ3v) is 5.91. The first kappa shape index (κ1) is 20.9. The van der Waals surface area contributed by atoms with E-state index in [1.807, 2.05) is 36.4 Å². The predicted octanol–water partition coefficient (Wildman–Crippen LogP) is 4.82. The normalized spacial score (nSPS) is 16.0. The SMILES string of the molecule is CC(C)c1ccc(OCCNC(=O)C2(c3ccc(Br)cc3)CCOCC2)cc1. The minimum absolute atomic E-state index is 0.0527. The summed E-state index contributed by atoms with van der Waals surface area (Å²) in [5.74, 6) is 1.38. The second-order valence-corrected chi connectivity index (χ2v) is 8.45. The minimum atomic E-state index is -0.530. The highest BCUT2D eigenvalue weighted by Crippen LogP contribution is 2.35. The molecule has 2 aromatic rings. The van der Waals surface area contributed by atoms with Crippen molar-refractivity contribution in [2.75, 3.05) is 26.4 Å². The number of benzene rings is 2. The van der Waals surface area contributed by atoms with Crippen LogP contribution in [0.5, 0.6) is 5.75 Å². The summed E-state index contributed by atoms with van der Waals surface area (Å²) in [7, 11) is 0. The van der Waals surface area contributed by atoms with Crippen LogP contribution in [-0.4, -0.2) is 32.3 Å². The summed E-state index contributed by atoms with van der Waals surface area (Å²) in [6, 6.07) is 16.2. The molecule has 28 heavy (non-hydrogen) atoms. The summed E-state index contributed by atoms with van der Waals surface area (Å²) in [6.07, 6.45) is 1.38. The van der Waals surface area contributed by atoms with Gasteiger partial charge in [0.25, 0.3) is 0 Å². The Labute approximate surface area is 175 Å². The number of carbonyl (C=O) groups is 1. The lowest BCUT2D eigenvalue weighted by molar-refractivity contribution is -0.130. The molecular formula is C23H28BrNO3. The van der Waals surface area contributed by atoms with Gasteiger partial charge in [-0.1, -0.05) is 54.0 Å². The Bertz CT molecular complexity index is 765. The summed E-state index contributed by atoms with van der Waals surface area (Å²) in [5, 5.41) is 3.07. The molecule has 1 fully saturated rings. The van der Waals surface area contributed by atoms with Crippen molar-refractivity contribution in [2.45, 2.75) is 38.0 Å². The van der Waals surface area contributed by atoms with E-state index in [2.05, 4.69) is 47.2 Å². The lowest BCUT2D eigenvalue weighted by Gasteiger charge is -2.36. The van der Waals surface area contributed by atoms with Crippen molar-refractivity contribution in [1.82, 2.24) is 5.32 Å². The Morgan fingerprint density at radius 3 is 2.36 bits per heavy atom. The average molecular weight is 446 g/mol. The summed E-state index contributed by atoms with van der Waals surface area (Å²) >= 11 is 3.47. The lowest BCUT2D eigenvalue weighted by atomic mass is 9.73.